The zero-order chi connectivity index (χ0) is 17.1. The Bertz CT molecular complexity index is 808. The first-order valence-corrected chi connectivity index (χ1v) is 7.53. The molecule has 1 aliphatic rings. The summed E-state index contributed by atoms with van der Waals surface area (Å²) in [6, 6.07) is 7.30. The monoisotopic (exact) mass is 326 g/mol. The van der Waals surface area contributed by atoms with Crippen molar-refractivity contribution in [1.82, 2.24) is 9.88 Å². The fraction of sp³-hybridized carbons (Fsp3) is 0.158. The highest BCUT2D eigenvalue weighted by atomic mass is 19.1. The Hall–Kier alpha value is -2.66. The number of rotatable bonds is 2. The van der Waals surface area contributed by atoms with Gasteiger partial charge in [-0.25, -0.2) is 8.78 Å². The van der Waals surface area contributed by atoms with Crippen LogP contribution in [0.2, 0.25) is 0 Å². The molecule has 24 heavy (non-hydrogen) atoms. The number of Topliss-reactive ketones (excluding diaryl/α,β-unsaturated/α-hetero) is 1. The molecule has 1 fully saturated rings. The maximum Gasteiger partial charge on any atom is 0.187 e. The summed E-state index contributed by atoms with van der Waals surface area (Å²) in [7, 11) is 1.86. The molecule has 122 valence electrons. The van der Waals surface area contributed by atoms with Crippen molar-refractivity contribution in [2.75, 3.05) is 20.1 Å². The van der Waals surface area contributed by atoms with Crippen LogP contribution in [0.25, 0.3) is 12.2 Å². The standard InChI is InChI=1S/C19H16F2N2O/c1-23-11-14(8-13-4-3-7-22-10-13)19(24)15(12-23)9-16-17(20)5-2-6-18(16)21/h2-10H,11-12H2,1H3/b14-8?,15-9+. The van der Waals surface area contributed by atoms with Gasteiger partial charge < -0.3 is 0 Å². The van der Waals surface area contributed by atoms with E-state index in [9.17, 15) is 13.6 Å². The maximum atomic E-state index is 13.8. The summed E-state index contributed by atoms with van der Waals surface area (Å²) in [6.45, 7) is 0.821. The number of ketones is 1. The largest absolute Gasteiger partial charge is 0.298 e. The second kappa shape index (κ2) is 6.84. The lowest BCUT2D eigenvalue weighted by Crippen LogP contribution is -2.34. The molecule has 1 aliphatic heterocycles. The topological polar surface area (TPSA) is 33.2 Å². The van der Waals surface area contributed by atoms with E-state index in [1.807, 2.05) is 18.0 Å². The second-order valence-electron chi connectivity index (χ2n) is 5.76. The summed E-state index contributed by atoms with van der Waals surface area (Å²) in [6.07, 6.45) is 6.38. The number of halogens is 2. The van der Waals surface area contributed by atoms with Gasteiger partial charge in [0.05, 0.1) is 0 Å². The van der Waals surface area contributed by atoms with Crippen LogP contribution in [0, 0.1) is 11.6 Å². The molecule has 0 bridgehead atoms. The third-order valence-corrected chi connectivity index (χ3v) is 3.81. The SMILES string of the molecule is CN1CC(=Cc2cccnc2)C(=O)/C(=C/c2c(F)cccc2F)C1. The lowest BCUT2D eigenvalue weighted by atomic mass is 9.94. The molecular formula is C19H16F2N2O. The molecule has 1 aromatic heterocycles. The molecule has 5 heteroatoms. The van der Waals surface area contributed by atoms with Gasteiger partial charge in [0.1, 0.15) is 11.6 Å². The van der Waals surface area contributed by atoms with Gasteiger partial charge in [0.2, 0.25) is 0 Å². The second-order valence-corrected chi connectivity index (χ2v) is 5.76. The molecule has 1 aromatic carbocycles. The first-order chi connectivity index (χ1) is 11.5. The number of likely N-dealkylation sites (N-methyl/N-ethyl adjacent to an activating group) is 1. The van der Waals surface area contributed by atoms with E-state index in [2.05, 4.69) is 4.98 Å². The Balaban J connectivity index is 1.99. The van der Waals surface area contributed by atoms with E-state index in [4.69, 9.17) is 0 Å². The van der Waals surface area contributed by atoms with E-state index in [1.165, 1.54) is 24.3 Å². The molecule has 0 atom stereocenters. The van der Waals surface area contributed by atoms with Gasteiger partial charge in [0, 0.05) is 42.2 Å². The Labute approximate surface area is 138 Å². The highest BCUT2D eigenvalue weighted by molar-refractivity contribution is 6.14. The minimum atomic E-state index is -0.679. The normalized spacial score (nSPS) is 19.2. The van der Waals surface area contributed by atoms with Crippen LogP contribution in [-0.2, 0) is 4.79 Å². The minimum absolute atomic E-state index is 0.183. The van der Waals surface area contributed by atoms with Crippen LogP contribution in [0.4, 0.5) is 8.78 Å². The van der Waals surface area contributed by atoms with E-state index in [0.29, 0.717) is 24.2 Å². The first-order valence-electron chi connectivity index (χ1n) is 7.53. The van der Waals surface area contributed by atoms with Gasteiger partial charge in [-0.1, -0.05) is 12.1 Å². The Kier molecular flexibility index (Phi) is 4.62. The summed E-state index contributed by atoms with van der Waals surface area (Å²) in [5, 5.41) is 0. The number of benzene rings is 1. The Morgan fingerprint density at radius 3 is 2.33 bits per heavy atom. The lowest BCUT2D eigenvalue weighted by Gasteiger charge is -2.26. The molecule has 2 aromatic rings. The summed E-state index contributed by atoms with van der Waals surface area (Å²) < 4.78 is 27.7. The van der Waals surface area contributed by atoms with Crippen molar-refractivity contribution in [3.8, 4) is 0 Å². The number of pyridine rings is 1. The van der Waals surface area contributed by atoms with Crippen molar-refractivity contribution in [1.29, 1.82) is 0 Å². The fourth-order valence-corrected chi connectivity index (χ4v) is 2.70. The number of carbonyl (C=O) groups is 1. The molecule has 0 aliphatic carbocycles. The molecule has 1 saturated heterocycles. The fourth-order valence-electron chi connectivity index (χ4n) is 2.70. The van der Waals surface area contributed by atoms with Crippen molar-refractivity contribution in [2.45, 2.75) is 0 Å². The molecule has 0 radical (unpaired) electrons. The van der Waals surface area contributed by atoms with Crippen molar-refractivity contribution in [3.63, 3.8) is 0 Å². The molecule has 0 amide bonds. The smallest absolute Gasteiger partial charge is 0.187 e. The van der Waals surface area contributed by atoms with E-state index >= 15 is 0 Å². The highest BCUT2D eigenvalue weighted by Gasteiger charge is 2.24. The molecule has 3 nitrogen and oxygen atoms in total. The van der Waals surface area contributed by atoms with Gasteiger partial charge in [-0.2, -0.15) is 0 Å². The Morgan fingerprint density at radius 1 is 1.04 bits per heavy atom. The van der Waals surface area contributed by atoms with Crippen molar-refractivity contribution in [2.24, 2.45) is 0 Å². The molecule has 0 unspecified atom stereocenters. The van der Waals surface area contributed by atoms with Gasteiger partial charge in [-0.15, -0.1) is 0 Å². The number of aromatic nitrogens is 1. The quantitative estimate of drug-likeness (QED) is 0.794. The van der Waals surface area contributed by atoms with Gasteiger partial charge in [-0.3, -0.25) is 14.7 Å². The van der Waals surface area contributed by atoms with E-state index in [0.717, 1.165) is 5.56 Å². The molecule has 0 saturated carbocycles. The van der Waals surface area contributed by atoms with E-state index in [-0.39, 0.29) is 11.3 Å². The predicted molar refractivity (Wildman–Crippen MR) is 89.1 cm³/mol. The van der Waals surface area contributed by atoms with Gasteiger partial charge in [0.25, 0.3) is 0 Å². The van der Waals surface area contributed by atoms with E-state index < -0.39 is 11.6 Å². The number of hydrogen-bond acceptors (Lipinski definition) is 3. The van der Waals surface area contributed by atoms with Crippen LogP contribution < -0.4 is 0 Å². The van der Waals surface area contributed by atoms with Gasteiger partial charge in [-0.05, 0) is 43.0 Å². The average molecular weight is 326 g/mol. The molecular weight excluding hydrogens is 310 g/mol. The number of piperidine rings is 1. The Morgan fingerprint density at radius 2 is 1.71 bits per heavy atom. The summed E-state index contributed by atoms with van der Waals surface area (Å²) in [5.74, 6) is -1.55. The van der Waals surface area contributed by atoms with Crippen molar-refractivity contribution < 1.29 is 13.6 Å². The van der Waals surface area contributed by atoms with Crippen LogP contribution in [-0.4, -0.2) is 35.8 Å². The average Bonchev–Trinajstić information content (AvgIpc) is 2.56. The highest BCUT2D eigenvalue weighted by Crippen LogP contribution is 2.23. The number of likely N-dealkylation sites (tertiary alicyclic amines) is 1. The minimum Gasteiger partial charge on any atom is -0.298 e. The number of carbonyl (C=O) groups excluding carboxylic acids is 1. The van der Waals surface area contributed by atoms with Crippen LogP contribution in [0.3, 0.4) is 0 Å². The van der Waals surface area contributed by atoms with Crippen LogP contribution in [0.1, 0.15) is 11.1 Å². The zero-order valence-electron chi connectivity index (χ0n) is 13.2. The number of hydrogen-bond donors (Lipinski definition) is 0. The van der Waals surface area contributed by atoms with E-state index in [1.54, 1.807) is 24.5 Å². The number of nitrogens with zero attached hydrogens (tertiary/aromatic N) is 2. The third kappa shape index (κ3) is 3.46. The molecule has 3 rings (SSSR count). The molecule has 0 spiro atoms. The molecule has 0 N–H and O–H groups in total. The lowest BCUT2D eigenvalue weighted by molar-refractivity contribution is -0.113. The van der Waals surface area contributed by atoms with Gasteiger partial charge >= 0.3 is 0 Å². The maximum absolute atomic E-state index is 13.8. The van der Waals surface area contributed by atoms with Crippen molar-refractivity contribution in [3.05, 3.63) is 76.6 Å². The summed E-state index contributed by atoms with van der Waals surface area (Å²) in [4.78, 5) is 18.6. The van der Waals surface area contributed by atoms with Crippen LogP contribution in [0.15, 0.2) is 53.9 Å². The van der Waals surface area contributed by atoms with Crippen LogP contribution in [0.5, 0.6) is 0 Å². The summed E-state index contributed by atoms with van der Waals surface area (Å²) in [5.41, 5.74) is 1.56. The molecule has 2 heterocycles. The van der Waals surface area contributed by atoms with Gasteiger partial charge in [0.15, 0.2) is 5.78 Å². The third-order valence-electron chi connectivity index (χ3n) is 3.81. The first kappa shape index (κ1) is 16.2. The van der Waals surface area contributed by atoms with Crippen molar-refractivity contribution >= 4 is 17.9 Å². The predicted octanol–water partition coefficient (Wildman–Crippen LogP) is 3.34. The summed E-state index contributed by atoms with van der Waals surface area (Å²) >= 11 is 0. The zero-order valence-corrected chi connectivity index (χ0v) is 13.2. The van der Waals surface area contributed by atoms with Crippen LogP contribution >= 0.6 is 0 Å².